The molecule has 3 heterocycles. The second-order valence-electron chi connectivity index (χ2n) is 5.48. The predicted molar refractivity (Wildman–Crippen MR) is 78.1 cm³/mol. The largest absolute Gasteiger partial charge is 0.300 e. The third-order valence-corrected chi connectivity index (χ3v) is 4.13. The zero-order chi connectivity index (χ0) is 14.4. The number of aryl methyl sites for hydroxylation is 1. The quantitative estimate of drug-likeness (QED) is 0.781. The standard InChI is InChI=1S/C15H15N5O/c1-9-12-14(20(19-9)11-3-2-4-11)17-13(18-15(12)21)10-5-7-16-8-6-10/h5-8,11,19H,2-4H2,1H3. The number of aromatic amines is 1. The van der Waals surface area contributed by atoms with Crippen molar-refractivity contribution in [1.29, 1.82) is 0 Å². The van der Waals surface area contributed by atoms with Crippen molar-refractivity contribution in [2.75, 3.05) is 0 Å². The number of pyridine rings is 1. The number of H-pyrrole nitrogens is 1. The average Bonchev–Trinajstić information content (AvgIpc) is 2.75. The molecular formula is C15H15N5O. The summed E-state index contributed by atoms with van der Waals surface area (Å²) in [5.74, 6) is 1.17. The molecule has 0 radical (unpaired) electrons. The first-order valence-electron chi connectivity index (χ1n) is 7.13. The third-order valence-electron chi connectivity index (χ3n) is 4.13. The van der Waals surface area contributed by atoms with Gasteiger partial charge in [-0.15, -0.1) is 0 Å². The molecule has 0 atom stereocenters. The molecule has 1 fully saturated rings. The lowest BCUT2D eigenvalue weighted by atomic mass is 9.93. The molecule has 0 bridgehead atoms. The molecule has 0 aromatic carbocycles. The highest BCUT2D eigenvalue weighted by atomic mass is 16.1. The Morgan fingerprint density at radius 1 is 1.24 bits per heavy atom. The molecule has 0 amide bonds. The first-order valence-corrected chi connectivity index (χ1v) is 7.13. The summed E-state index contributed by atoms with van der Waals surface area (Å²) in [6, 6.07) is 4.04. The van der Waals surface area contributed by atoms with Crippen molar-refractivity contribution in [2.45, 2.75) is 32.2 Å². The number of nitrogens with one attached hydrogen (secondary N) is 1. The Kier molecular flexibility index (Phi) is 2.63. The first-order chi connectivity index (χ1) is 10.2. The van der Waals surface area contributed by atoms with Gasteiger partial charge in [0, 0.05) is 23.7 Å². The lowest BCUT2D eigenvalue weighted by molar-refractivity contribution is 0.290. The molecule has 0 spiro atoms. The molecule has 1 aliphatic carbocycles. The molecule has 1 saturated carbocycles. The van der Waals surface area contributed by atoms with Gasteiger partial charge in [-0.1, -0.05) is 0 Å². The van der Waals surface area contributed by atoms with Crippen LogP contribution in [0.1, 0.15) is 31.0 Å². The Balaban J connectivity index is 1.95. The summed E-state index contributed by atoms with van der Waals surface area (Å²) in [5, 5.41) is 3.28. The molecule has 106 valence electrons. The molecule has 0 unspecified atom stereocenters. The minimum Gasteiger partial charge on any atom is -0.300 e. The van der Waals surface area contributed by atoms with Crippen molar-refractivity contribution < 1.29 is 0 Å². The maximum Gasteiger partial charge on any atom is 0.284 e. The smallest absolute Gasteiger partial charge is 0.284 e. The van der Waals surface area contributed by atoms with E-state index in [0.29, 0.717) is 23.3 Å². The topological polar surface area (TPSA) is 76.5 Å². The zero-order valence-corrected chi connectivity index (χ0v) is 11.7. The van der Waals surface area contributed by atoms with Crippen LogP contribution in [-0.4, -0.2) is 24.7 Å². The van der Waals surface area contributed by atoms with E-state index in [2.05, 4.69) is 20.1 Å². The Bertz CT molecular complexity index is 816. The van der Waals surface area contributed by atoms with Crippen LogP contribution in [0.2, 0.25) is 0 Å². The number of fused-ring (bicyclic) bond motifs is 1. The Morgan fingerprint density at radius 3 is 2.67 bits per heavy atom. The van der Waals surface area contributed by atoms with E-state index >= 15 is 0 Å². The van der Waals surface area contributed by atoms with Crippen LogP contribution in [0.4, 0.5) is 0 Å². The van der Waals surface area contributed by atoms with Gasteiger partial charge in [-0.3, -0.25) is 14.5 Å². The molecule has 1 aromatic heterocycles. The second kappa shape index (κ2) is 4.51. The number of aromatic nitrogens is 5. The normalized spacial score (nSPS) is 15.3. The van der Waals surface area contributed by atoms with Gasteiger partial charge in [-0.2, -0.15) is 4.98 Å². The lowest BCUT2D eigenvalue weighted by Gasteiger charge is -2.27. The fourth-order valence-electron chi connectivity index (χ4n) is 2.76. The maximum absolute atomic E-state index is 12.3. The highest BCUT2D eigenvalue weighted by molar-refractivity contribution is 5.64. The van der Waals surface area contributed by atoms with Crippen LogP contribution >= 0.6 is 0 Å². The molecule has 6 nitrogen and oxygen atoms in total. The molecular weight excluding hydrogens is 266 g/mol. The van der Waals surface area contributed by atoms with Crippen LogP contribution in [-0.2, 0) is 0 Å². The van der Waals surface area contributed by atoms with Crippen molar-refractivity contribution in [3.63, 3.8) is 0 Å². The van der Waals surface area contributed by atoms with E-state index < -0.39 is 0 Å². The van der Waals surface area contributed by atoms with E-state index in [9.17, 15) is 4.79 Å². The van der Waals surface area contributed by atoms with Crippen molar-refractivity contribution >= 4 is 0 Å². The Morgan fingerprint density at radius 2 is 2.00 bits per heavy atom. The minimum atomic E-state index is -0.223. The molecule has 1 aromatic rings. The fraction of sp³-hybridized carbons (Fsp3) is 0.333. The van der Waals surface area contributed by atoms with Crippen LogP contribution in [0.5, 0.6) is 0 Å². The van der Waals surface area contributed by atoms with Crippen LogP contribution in [0, 0.1) is 6.92 Å². The van der Waals surface area contributed by atoms with Crippen LogP contribution in [0.25, 0.3) is 22.8 Å². The first kappa shape index (κ1) is 12.3. The molecule has 0 saturated heterocycles. The molecule has 1 N–H and O–H groups in total. The monoisotopic (exact) mass is 281 g/mol. The summed E-state index contributed by atoms with van der Waals surface area (Å²) in [4.78, 5) is 25.1. The average molecular weight is 281 g/mol. The summed E-state index contributed by atoms with van der Waals surface area (Å²) in [6.07, 6.45) is 6.83. The SMILES string of the molecule is Cc1[nH]n(C2CCC2)c2nc(-c3ccncc3)nc(=O)c1-2. The second-order valence-corrected chi connectivity index (χ2v) is 5.48. The number of hydrogen-bond donors (Lipinski definition) is 1. The van der Waals surface area contributed by atoms with E-state index in [1.807, 2.05) is 23.7 Å². The van der Waals surface area contributed by atoms with Gasteiger partial charge in [0.05, 0.1) is 6.04 Å². The fourth-order valence-corrected chi connectivity index (χ4v) is 2.76. The van der Waals surface area contributed by atoms with E-state index in [0.717, 1.165) is 24.1 Å². The van der Waals surface area contributed by atoms with Gasteiger partial charge in [0.25, 0.3) is 5.56 Å². The van der Waals surface area contributed by atoms with E-state index in [-0.39, 0.29) is 5.56 Å². The van der Waals surface area contributed by atoms with Crippen molar-refractivity contribution in [2.24, 2.45) is 0 Å². The van der Waals surface area contributed by atoms with Crippen molar-refractivity contribution in [3.8, 4) is 22.8 Å². The summed E-state index contributed by atoms with van der Waals surface area (Å²) >= 11 is 0. The van der Waals surface area contributed by atoms with Crippen LogP contribution in [0.15, 0.2) is 29.3 Å². The zero-order valence-electron chi connectivity index (χ0n) is 11.7. The summed E-state index contributed by atoms with van der Waals surface area (Å²) in [6.45, 7) is 1.90. The highest BCUT2D eigenvalue weighted by Gasteiger charge is 2.28. The van der Waals surface area contributed by atoms with Gasteiger partial charge in [0.2, 0.25) is 0 Å². The Labute approximate surface area is 121 Å². The summed E-state index contributed by atoms with van der Waals surface area (Å²) in [5.41, 5.74) is 2.02. The molecule has 6 heteroatoms. The Hall–Kier alpha value is -2.50. The molecule has 3 aliphatic rings. The van der Waals surface area contributed by atoms with Gasteiger partial charge in [-0.25, -0.2) is 4.98 Å². The summed E-state index contributed by atoms with van der Waals surface area (Å²) < 4.78 is 2.03. The van der Waals surface area contributed by atoms with Gasteiger partial charge in [0.15, 0.2) is 11.6 Å². The molecule has 21 heavy (non-hydrogen) atoms. The minimum absolute atomic E-state index is 0.223. The van der Waals surface area contributed by atoms with Crippen LogP contribution in [0.3, 0.4) is 0 Å². The maximum atomic E-state index is 12.3. The van der Waals surface area contributed by atoms with Gasteiger partial charge in [0.1, 0.15) is 5.56 Å². The number of rotatable bonds is 2. The van der Waals surface area contributed by atoms with Gasteiger partial charge >= 0.3 is 0 Å². The number of nitrogens with zero attached hydrogens (tertiary/aromatic N) is 4. The summed E-state index contributed by atoms with van der Waals surface area (Å²) in [7, 11) is 0. The highest BCUT2D eigenvalue weighted by Crippen LogP contribution is 2.35. The van der Waals surface area contributed by atoms with Gasteiger partial charge < -0.3 is 5.10 Å². The predicted octanol–water partition coefficient (Wildman–Crippen LogP) is 2.17. The van der Waals surface area contributed by atoms with Crippen molar-refractivity contribution in [3.05, 3.63) is 40.6 Å². The molecule has 4 rings (SSSR count). The lowest BCUT2D eigenvalue weighted by Crippen LogP contribution is -2.21. The van der Waals surface area contributed by atoms with E-state index in [1.165, 1.54) is 6.42 Å². The molecule has 2 aliphatic heterocycles. The van der Waals surface area contributed by atoms with Crippen molar-refractivity contribution in [1.82, 2.24) is 24.7 Å². The van der Waals surface area contributed by atoms with Crippen LogP contribution < -0.4 is 5.56 Å². The number of hydrogen-bond acceptors (Lipinski definition) is 4. The third kappa shape index (κ3) is 1.86. The van der Waals surface area contributed by atoms with Gasteiger partial charge in [-0.05, 0) is 38.3 Å². The van der Waals surface area contributed by atoms with E-state index in [1.54, 1.807) is 12.4 Å². The van der Waals surface area contributed by atoms with E-state index in [4.69, 9.17) is 0 Å².